The Kier molecular flexibility index (Phi) is 5.01. The average molecular weight is 412 g/mol. The Balaban J connectivity index is 2.01. The van der Waals surface area contributed by atoms with Crippen LogP contribution in [0.1, 0.15) is 10.4 Å². The molecule has 0 atom stereocenters. The minimum absolute atomic E-state index is 0.0189. The molecule has 0 spiro atoms. The highest BCUT2D eigenvalue weighted by atomic mass is 19.3. The van der Waals surface area contributed by atoms with Gasteiger partial charge < -0.3 is 29.0 Å². The minimum Gasteiger partial charge on any atom is -0.493 e. The van der Waals surface area contributed by atoms with Crippen molar-refractivity contribution >= 4 is 17.3 Å². The van der Waals surface area contributed by atoms with Crippen LogP contribution in [-0.2, 0) is 0 Å². The third-order valence-electron chi connectivity index (χ3n) is 3.89. The number of carbonyl (C=O) groups excluding carboxylic acids is 1. The number of methoxy groups -OCH3 is 3. The number of hydrogen-bond acceptors (Lipinski definition) is 8. The molecule has 2 aromatic carbocycles. The summed E-state index contributed by atoms with van der Waals surface area (Å²) in [5, 5.41) is 14.0. The summed E-state index contributed by atoms with van der Waals surface area (Å²) in [5.74, 6) is -1.79. The largest absolute Gasteiger partial charge is 0.586 e. The monoisotopic (exact) mass is 412 g/mol. The molecule has 0 aromatic heterocycles. The van der Waals surface area contributed by atoms with Gasteiger partial charge in [-0.3, -0.25) is 14.9 Å². The number of halogens is 2. The first-order chi connectivity index (χ1) is 13.7. The normalized spacial score (nSPS) is 13.6. The molecule has 0 fully saturated rings. The van der Waals surface area contributed by atoms with Crippen LogP contribution in [0.3, 0.4) is 0 Å². The summed E-state index contributed by atoms with van der Waals surface area (Å²) >= 11 is 0. The van der Waals surface area contributed by atoms with Crippen molar-refractivity contribution in [1.29, 1.82) is 0 Å². The van der Waals surface area contributed by atoms with Crippen molar-refractivity contribution in [2.75, 3.05) is 26.6 Å². The lowest BCUT2D eigenvalue weighted by molar-refractivity contribution is -0.386. The van der Waals surface area contributed by atoms with Crippen molar-refractivity contribution in [1.82, 2.24) is 0 Å². The highest BCUT2D eigenvalue weighted by molar-refractivity contribution is 6.08. The molecule has 1 heterocycles. The zero-order chi connectivity index (χ0) is 21.3. The van der Waals surface area contributed by atoms with Crippen molar-refractivity contribution < 1.29 is 42.2 Å². The smallest absolute Gasteiger partial charge is 0.493 e. The van der Waals surface area contributed by atoms with E-state index in [4.69, 9.17) is 14.2 Å². The van der Waals surface area contributed by atoms with Crippen LogP contribution in [0.4, 0.5) is 20.2 Å². The topological polar surface area (TPSA) is 118 Å². The number of hydrogen-bond donors (Lipinski definition) is 1. The number of rotatable bonds is 6. The summed E-state index contributed by atoms with van der Waals surface area (Å²) in [7, 11) is 3.71. The van der Waals surface area contributed by atoms with Crippen molar-refractivity contribution in [2.45, 2.75) is 6.29 Å². The number of nitrogens with one attached hydrogen (secondary N) is 1. The van der Waals surface area contributed by atoms with E-state index >= 15 is 0 Å². The van der Waals surface area contributed by atoms with Crippen LogP contribution in [0.2, 0.25) is 0 Å². The van der Waals surface area contributed by atoms with Gasteiger partial charge in [0.2, 0.25) is 11.5 Å². The number of benzene rings is 2. The number of amides is 1. The molecule has 154 valence electrons. The molecule has 12 heteroatoms. The number of carbonyl (C=O) groups is 1. The molecular weight excluding hydrogens is 398 g/mol. The van der Waals surface area contributed by atoms with Crippen LogP contribution in [-0.4, -0.2) is 38.5 Å². The summed E-state index contributed by atoms with van der Waals surface area (Å²) in [6, 6.07) is 4.63. The van der Waals surface area contributed by atoms with E-state index in [2.05, 4.69) is 14.8 Å². The zero-order valence-electron chi connectivity index (χ0n) is 15.3. The Morgan fingerprint density at radius 3 is 2.31 bits per heavy atom. The van der Waals surface area contributed by atoms with E-state index < -0.39 is 28.4 Å². The summed E-state index contributed by atoms with van der Waals surface area (Å²) < 4.78 is 50.1. The second-order valence-corrected chi connectivity index (χ2v) is 5.58. The highest BCUT2D eigenvalue weighted by Gasteiger charge is 2.43. The molecule has 10 nitrogen and oxygen atoms in total. The number of ether oxygens (including phenoxy) is 5. The lowest BCUT2D eigenvalue weighted by Gasteiger charge is -2.15. The highest BCUT2D eigenvalue weighted by Crippen LogP contribution is 2.47. The maximum Gasteiger partial charge on any atom is 0.586 e. The molecule has 3 rings (SSSR count). The van der Waals surface area contributed by atoms with Crippen LogP contribution >= 0.6 is 0 Å². The molecule has 0 unspecified atom stereocenters. The minimum atomic E-state index is -3.82. The summed E-state index contributed by atoms with van der Waals surface area (Å²) in [6.07, 6.45) is -3.82. The number of fused-ring (bicyclic) bond motifs is 1. The van der Waals surface area contributed by atoms with Crippen molar-refractivity contribution in [3.8, 4) is 28.7 Å². The number of alkyl halides is 2. The number of nitro benzene ring substituents is 1. The number of anilines is 1. The van der Waals surface area contributed by atoms with Gasteiger partial charge in [0, 0.05) is 17.8 Å². The third-order valence-corrected chi connectivity index (χ3v) is 3.89. The molecule has 1 aliphatic rings. The van der Waals surface area contributed by atoms with Crippen molar-refractivity contribution in [3.05, 3.63) is 39.9 Å². The number of nitrogens with zero attached hydrogens (tertiary/aromatic N) is 1. The molecule has 1 aliphatic heterocycles. The van der Waals surface area contributed by atoms with Gasteiger partial charge in [-0.05, 0) is 12.1 Å². The fourth-order valence-electron chi connectivity index (χ4n) is 2.72. The van der Waals surface area contributed by atoms with Crippen LogP contribution in [0.5, 0.6) is 28.7 Å². The molecule has 0 aliphatic carbocycles. The Labute approximate surface area is 162 Å². The lowest BCUT2D eigenvalue weighted by Crippen LogP contribution is -2.25. The summed E-state index contributed by atoms with van der Waals surface area (Å²) in [4.78, 5) is 23.5. The zero-order valence-corrected chi connectivity index (χ0v) is 15.3. The SMILES string of the molecule is COc1cc(C(=O)Nc2ccc3c(c2)OC(F)(F)O3)c([N+](=O)[O-])c(OC)c1OC. The van der Waals surface area contributed by atoms with Crippen molar-refractivity contribution in [2.24, 2.45) is 0 Å². The van der Waals surface area contributed by atoms with E-state index in [0.29, 0.717) is 0 Å². The standard InChI is InChI=1S/C17H14F2N2O8/c1-25-12-7-9(13(21(23)24)15(27-3)14(12)26-2)16(22)20-8-4-5-10-11(6-8)29-17(18,19)28-10/h4-7H,1-3H3,(H,20,22). The first-order valence-electron chi connectivity index (χ1n) is 7.89. The summed E-state index contributed by atoms with van der Waals surface area (Å²) in [5.41, 5.74) is -1.01. The molecule has 29 heavy (non-hydrogen) atoms. The molecule has 0 saturated heterocycles. The van der Waals surface area contributed by atoms with E-state index in [1.807, 2.05) is 0 Å². The fraction of sp³-hybridized carbons (Fsp3) is 0.235. The van der Waals surface area contributed by atoms with E-state index in [9.17, 15) is 23.7 Å². The molecule has 1 amide bonds. The number of nitro groups is 1. The van der Waals surface area contributed by atoms with E-state index in [1.165, 1.54) is 27.4 Å². The Morgan fingerprint density at radius 1 is 1.07 bits per heavy atom. The molecule has 2 aromatic rings. The van der Waals surface area contributed by atoms with Crippen LogP contribution < -0.4 is 29.0 Å². The first-order valence-corrected chi connectivity index (χ1v) is 7.89. The van der Waals surface area contributed by atoms with E-state index in [0.717, 1.165) is 18.2 Å². The quantitative estimate of drug-likeness (QED) is 0.568. The molecule has 0 radical (unpaired) electrons. The van der Waals surface area contributed by atoms with Crippen molar-refractivity contribution in [3.63, 3.8) is 0 Å². The predicted octanol–water partition coefficient (Wildman–Crippen LogP) is 3.19. The average Bonchev–Trinajstić information content (AvgIpc) is 2.98. The Morgan fingerprint density at radius 2 is 1.72 bits per heavy atom. The predicted molar refractivity (Wildman–Crippen MR) is 93.4 cm³/mol. The molecular formula is C17H14F2N2O8. The molecule has 1 N–H and O–H groups in total. The van der Waals surface area contributed by atoms with Gasteiger partial charge in [0.1, 0.15) is 5.56 Å². The second kappa shape index (κ2) is 7.30. The maximum atomic E-state index is 13.1. The third kappa shape index (κ3) is 3.63. The van der Waals surface area contributed by atoms with Gasteiger partial charge in [0.15, 0.2) is 17.2 Å². The maximum absolute atomic E-state index is 13.1. The molecule has 0 saturated carbocycles. The van der Waals surface area contributed by atoms with Gasteiger partial charge in [-0.1, -0.05) is 0 Å². The van der Waals surface area contributed by atoms with Crippen LogP contribution in [0.15, 0.2) is 24.3 Å². The van der Waals surface area contributed by atoms with Gasteiger partial charge in [0.05, 0.1) is 26.3 Å². The van der Waals surface area contributed by atoms with E-state index in [1.54, 1.807) is 0 Å². The lowest BCUT2D eigenvalue weighted by atomic mass is 10.1. The Bertz CT molecular complexity index is 996. The van der Waals surface area contributed by atoms with Gasteiger partial charge in [-0.25, -0.2) is 0 Å². The van der Waals surface area contributed by atoms with Gasteiger partial charge >= 0.3 is 12.0 Å². The second-order valence-electron chi connectivity index (χ2n) is 5.58. The van der Waals surface area contributed by atoms with Gasteiger partial charge in [-0.15, -0.1) is 8.78 Å². The molecule has 0 bridgehead atoms. The first kappa shape index (κ1) is 19.9. The fourth-order valence-corrected chi connectivity index (χ4v) is 2.72. The van der Waals surface area contributed by atoms with Crippen LogP contribution in [0.25, 0.3) is 0 Å². The summed E-state index contributed by atoms with van der Waals surface area (Å²) in [6.45, 7) is 0. The van der Waals surface area contributed by atoms with Gasteiger partial charge in [-0.2, -0.15) is 0 Å². The van der Waals surface area contributed by atoms with Crippen LogP contribution in [0, 0.1) is 10.1 Å². The van der Waals surface area contributed by atoms with E-state index in [-0.39, 0.29) is 34.4 Å². The Hall–Kier alpha value is -3.83. The van der Waals surface area contributed by atoms with Gasteiger partial charge in [0.25, 0.3) is 5.91 Å².